The van der Waals surface area contributed by atoms with Gasteiger partial charge in [-0.2, -0.15) is 31.6 Å². The summed E-state index contributed by atoms with van der Waals surface area (Å²) in [7, 11) is 0. The fraction of sp³-hybridized carbons (Fsp3) is 0.308. The van der Waals surface area contributed by atoms with Crippen LogP contribution in [-0.2, 0) is 11.8 Å². The van der Waals surface area contributed by atoms with Crippen molar-refractivity contribution in [3.63, 3.8) is 0 Å². The zero-order chi connectivity index (χ0) is 16.9. The number of nitrogens with zero attached hydrogens (tertiary/aromatic N) is 1. The van der Waals surface area contributed by atoms with Crippen molar-refractivity contribution in [1.82, 2.24) is 4.98 Å². The van der Waals surface area contributed by atoms with E-state index in [0.717, 1.165) is 12.1 Å². The van der Waals surface area contributed by atoms with Crippen LogP contribution in [0.2, 0.25) is 0 Å². The molecular formula is C13H8F6N2O. The third-order valence-electron chi connectivity index (χ3n) is 3.26. The molecular weight excluding hydrogens is 314 g/mol. The van der Waals surface area contributed by atoms with E-state index in [4.69, 9.17) is 5.26 Å². The Balaban J connectivity index is 2.69. The molecule has 1 aromatic carbocycles. The topological polar surface area (TPSA) is 59.8 Å². The molecule has 118 valence electrons. The molecule has 0 spiro atoms. The van der Waals surface area contributed by atoms with Crippen LogP contribution in [0.1, 0.15) is 23.7 Å². The Bertz CT molecular complexity index is 764. The van der Waals surface area contributed by atoms with Crippen LogP contribution in [0.4, 0.5) is 26.3 Å². The number of aliphatic hydroxyl groups is 1. The molecule has 0 amide bonds. The fourth-order valence-corrected chi connectivity index (χ4v) is 1.92. The highest BCUT2D eigenvalue weighted by Gasteiger charge is 2.52. The zero-order valence-electron chi connectivity index (χ0n) is 10.9. The third-order valence-corrected chi connectivity index (χ3v) is 3.26. The van der Waals surface area contributed by atoms with Crippen LogP contribution >= 0.6 is 0 Å². The summed E-state index contributed by atoms with van der Waals surface area (Å²) < 4.78 is 76.7. The summed E-state index contributed by atoms with van der Waals surface area (Å²) in [5.74, 6) is 0. The average molecular weight is 322 g/mol. The SMILES string of the molecule is CC(O)(c1cc2cc(C#N)c(C(F)(F)F)cc2[nH]1)C(F)(F)F. The maximum absolute atomic E-state index is 12.8. The smallest absolute Gasteiger partial charge is 0.375 e. The Labute approximate surface area is 119 Å². The molecule has 2 rings (SSSR count). The van der Waals surface area contributed by atoms with E-state index in [1.807, 2.05) is 0 Å². The number of halogens is 6. The summed E-state index contributed by atoms with van der Waals surface area (Å²) in [6.45, 7) is 0.480. The molecule has 0 radical (unpaired) electrons. The quantitative estimate of drug-likeness (QED) is 0.784. The van der Waals surface area contributed by atoms with Crippen molar-refractivity contribution in [3.8, 4) is 6.07 Å². The van der Waals surface area contributed by atoms with Crippen LogP contribution in [0.5, 0.6) is 0 Å². The molecule has 0 saturated carbocycles. The zero-order valence-corrected chi connectivity index (χ0v) is 10.9. The van der Waals surface area contributed by atoms with Crippen LogP contribution in [-0.4, -0.2) is 16.3 Å². The number of aromatic amines is 1. The number of H-pyrrole nitrogens is 1. The first-order chi connectivity index (χ1) is 9.88. The molecule has 0 aliphatic rings. The van der Waals surface area contributed by atoms with Gasteiger partial charge in [0.25, 0.3) is 0 Å². The molecule has 3 nitrogen and oxygen atoms in total. The molecule has 0 aliphatic heterocycles. The molecule has 2 N–H and O–H groups in total. The maximum atomic E-state index is 12.8. The molecule has 1 unspecified atom stereocenters. The van der Waals surface area contributed by atoms with Crippen LogP contribution < -0.4 is 0 Å². The summed E-state index contributed by atoms with van der Waals surface area (Å²) in [5.41, 5.74) is -6.19. The monoisotopic (exact) mass is 322 g/mol. The first-order valence-corrected chi connectivity index (χ1v) is 5.81. The summed E-state index contributed by atoms with van der Waals surface area (Å²) in [6.07, 6.45) is -9.84. The maximum Gasteiger partial charge on any atom is 0.422 e. The average Bonchev–Trinajstić information content (AvgIpc) is 2.77. The van der Waals surface area contributed by atoms with Crippen molar-refractivity contribution in [2.24, 2.45) is 0 Å². The first kappa shape index (κ1) is 16.2. The van der Waals surface area contributed by atoms with Crippen molar-refractivity contribution >= 4 is 10.9 Å². The predicted octanol–water partition coefficient (Wildman–Crippen LogP) is 3.83. The second kappa shape index (κ2) is 4.64. The molecule has 2 aromatic rings. The predicted molar refractivity (Wildman–Crippen MR) is 63.6 cm³/mol. The molecule has 0 bridgehead atoms. The van der Waals surface area contributed by atoms with Gasteiger partial charge in [-0.15, -0.1) is 0 Å². The van der Waals surface area contributed by atoms with Gasteiger partial charge in [0.15, 0.2) is 5.60 Å². The standard InChI is InChI=1S/C13H8F6N2O/c1-11(22,13(17,18)19)10-3-6-2-7(5-20)8(12(14,15)16)4-9(6)21-10/h2-4,21-22H,1H3. The van der Waals surface area contributed by atoms with Gasteiger partial charge in [0.2, 0.25) is 0 Å². The van der Waals surface area contributed by atoms with Gasteiger partial charge in [0.05, 0.1) is 22.9 Å². The van der Waals surface area contributed by atoms with Crippen LogP contribution in [0.25, 0.3) is 10.9 Å². The van der Waals surface area contributed by atoms with E-state index in [9.17, 15) is 31.4 Å². The number of nitriles is 1. The molecule has 1 atom stereocenters. The summed E-state index contributed by atoms with van der Waals surface area (Å²) >= 11 is 0. The molecule has 1 heterocycles. The molecule has 22 heavy (non-hydrogen) atoms. The third kappa shape index (κ3) is 2.50. The first-order valence-electron chi connectivity index (χ1n) is 5.81. The highest BCUT2D eigenvalue weighted by Crippen LogP contribution is 2.40. The second-order valence-electron chi connectivity index (χ2n) is 4.85. The Hall–Kier alpha value is -2.21. The largest absolute Gasteiger partial charge is 0.422 e. The number of nitrogens with one attached hydrogen (secondary N) is 1. The van der Waals surface area contributed by atoms with Crippen molar-refractivity contribution in [1.29, 1.82) is 5.26 Å². The van der Waals surface area contributed by atoms with Crippen molar-refractivity contribution in [2.75, 3.05) is 0 Å². The number of fused-ring (bicyclic) bond motifs is 1. The Morgan fingerprint density at radius 2 is 1.68 bits per heavy atom. The number of aromatic nitrogens is 1. The van der Waals surface area contributed by atoms with Gasteiger partial charge in [-0.3, -0.25) is 0 Å². The summed E-state index contributed by atoms with van der Waals surface area (Å²) in [5, 5.41) is 18.2. The lowest BCUT2D eigenvalue weighted by molar-refractivity contribution is -0.260. The molecule has 0 aliphatic carbocycles. The van der Waals surface area contributed by atoms with Gasteiger partial charge >= 0.3 is 12.4 Å². The van der Waals surface area contributed by atoms with E-state index in [-0.39, 0.29) is 10.9 Å². The summed E-state index contributed by atoms with van der Waals surface area (Å²) in [4.78, 5) is 2.13. The van der Waals surface area contributed by atoms with Gasteiger partial charge in [-0.1, -0.05) is 0 Å². The minimum Gasteiger partial charge on any atom is -0.375 e. The number of hydrogen-bond donors (Lipinski definition) is 2. The van der Waals surface area contributed by atoms with E-state index in [1.54, 1.807) is 0 Å². The highest BCUT2D eigenvalue weighted by molar-refractivity contribution is 5.83. The minimum atomic E-state index is -5.02. The lowest BCUT2D eigenvalue weighted by Gasteiger charge is -2.24. The number of benzene rings is 1. The molecule has 9 heteroatoms. The normalized spacial score (nSPS) is 15.6. The van der Waals surface area contributed by atoms with Gasteiger partial charge in [0, 0.05) is 10.9 Å². The van der Waals surface area contributed by atoms with Crippen molar-refractivity contribution in [2.45, 2.75) is 24.9 Å². The van der Waals surface area contributed by atoms with Gasteiger partial charge < -0.3 is 10.1 Å². The van der Waals surface area contributed by atoms with E-state index < -0.39 is 34.8 Å². The molecule has 1 aromatic heterocycles. The Kier molecular flexibility index (Phi) is 3.41. The van der Waals surface area contributed by atoms with Crippen molar-refractivity contribution in [3.05, 3.63) is 35.0 Å². The van der Waals surface area contributed by atoms with Crippen LogP contribution in [0.15, 0.2) is 18.2 Å². The number of rotatable bonds is 1. The number of hydrogen-bond acceptors (Lipinski definition) is 2. The van der Waals surface area contributed by atoms with Gasteiger partial charge in [0.1, 0.15) is 0 Å². The van der Waals surface area contributed by atoms with E-state index in [1.165, 1.54) is 6.07 Å². The fourth-order valence-electron chi connectivity index (χ4n) is 1.92. The Morgan fingerprint density at radius 3 is 2.14 bits per heavy atom. The van der Waals surface area contributed by atoms with E-state index in [2.05, 4.69) is 4.98 Å². The van der Waals surface area contributed by atoms with E-state index in [0.29, 0.717) is 13.0 Å². The summed E-state index contributed by atoms with van der Waals surface area (Å²) in [6, 6.07) is 3.59. The molecule has 0 saturated heterocycles. The van der Waals surface area contributed by atoms with Gasteiger partial charge in [-0.25, -0.2) is 0 Å². The lowest BCUT2D eigenvalue weighted by Crippen LogP contribution is -2.39. The van der Waals surface area contributed by atoms with Gasteiger partial charge in [-0.05, 0) is 25.1 Å². The van der Waals surface area contributed by atoms with Crippen molar-refractivity contribution < 1.29 is 31.4 Å². The van der Waals surface area contributed by atoms with Crippen LogP contribution in [0, 0.1) is 11.3 Å². The molecule has 0 fully saturated rings. The second-order valence-corrected chi connectivity index (χ2v) is 4.85. The highest BCUT2D eigenvalue weighted by atomic mass is 19.4. The van der Waals surface area contributed by atoms with E-state index >= 15 is 0 Å². The Morgan fingerprint density at radius 1 is 1.09 bits per heavy atom. The minimum absolute atomic E-state index is 0.0379. The van der Waals surface area contributed by atoms with Crippen LogP contribution in [0.3, 0.4) is 0 Å². The lowest BCUT2D eigenvalue weighted by atomic mass is 10.0. The number of alkyl halides is 6.